The lowest BCUT2D eigenvalue weighted by molar-refractivity contribution is -0.138. The third kappa shape index (κ3) is 6.62. The number of hydrogen-bond donors (Lipinski definition) is 2. The lowest BCUT2D eigenvalue weighted by atomic mass is 9.77. The van der Waals surface area contributed by atoms with Gasteiger partial charge in [0.1, 0.15) is 11.9 Å². The topological polar surface area (TPSA) is 78.9 Å². The molecule has 1 heterocycles. The second kappa shape index (κ2) is 11.9. The largest absolute Gasteiger partial charge is 0.487 e. The predicted molar refractivity (Wildman–Crippen MR) is 155 cm³/mol. The van der Waals surface area contributed by atoms with Gasteiger partial charge in [-0.2, -0.15) is 0 Å². The van der Waals surface area contributed by atoms with E-state index in [1.807, 2.05) is 19.1 Å². The van der Waals surface area contributed by atoms with Gasteiger partial charge in [0.2, 0.25) is 0 Å². The van der Waals surface area contributed by atoms with Gasteiger partial charge in [-0.05, 0) is 92.2 Å². The maximum Gasteiger partial charge on any atom is 0.322 e. The molecule has 0 radical (unpaired) electrons. The summed E-state index contributed by atoms with van der Waals surface area (Å²) in [7, 11) is 0. The van der Waals surface area contributed by atoms with Crippen molar-refractivity contribution in [2.45, 2.75) is 64.4 Å². The highest BCUT2D eigenvalue weighted by Gasteiger charge is 2.28. The molecule has 6 nitrogen and oxygen atoms in total. The number of carboxylic acids is 1. The van der Waals surface area contributed by atoms with Crippen LogP contribution in [0, 0.1) is 12.8 Å². The van der Waals surface area contributed by atoms with Crippen molar-refractivity contribution in [1.82, 2.24) is 5.32 Å². The van der Waals surface area contributed by atoms with E-state index in [1.54, 1.807) is 4.90 Å². The third-order valence-electron chi connectivity index (χ3n) is 8.10. The fraction of sp³-hybridized carbons (Fsp3) is 0.394. The quantitative estimate of drug-likeness (QED) is 0.349. The Morgan fingerprint density at radius 2 is 1.64 bits per heavy atom. The number of nitrogens with zero attached hydrogens (tertiary/aromatic N) is 1. The van der Waals surface area contributed by atoms with Gasteiger partial charge in [-0.1, -0.05) is 60.2 Å². The molecule has 1 fully saturated rings. The lowest BCUT2D eigenvalue weighted by Gasteiger charge is -2.33. The highest BCUT2D eigenvalue weighted by Crippen LogP contribution is 2.39. The van der Waals surface area contributed by atoms with Crippen molar-refractivity contribution < 1.29 is 19.4 Å². The minimum absolute atomic E-state index is 0.103. The van der Waals surface area contributed by atoms with Crippen molar-refractivity contribution in [3.63, 3.8) is 0 Å². The summed E-state index contributed by atoms with van der Waals surface area (Å²) >= 11 is 0. The number of nitrogens with one attached hydrogen (secondary N) is 1. The summed E-state index contributed by atoms with van der Waals surface area (Å²) in [5, 5.41) is 12.1. The zero-order valence-electron chi connectivity index (χ0n) is 22.9. The summed E-state index contributed by atoms with van der Waals surface area (Å²) in [6.45, 7) is 5.14. The first-order chi connectivity index (χ1) is 18.9. The fourth-order valence-corrected chi connectivity index (χ4v) is 5.87. The van der Waals surface area contributed by atoms with Gasteiger partial charge in [-0.15, -0.1) is 0 Å². The fourth-order valence-electron chi connectivity index (χ4n) is 5.87. The van der Waals surface area contributed by atoms with Crippen LogP contribution in [0.1, 0.15) is 61.6 Å². The molecule has 0 aromatic heterocycles. The second-order valence-corrected chi connectivity index (χ2v) is 11.1. The van der Waals surface area contributed by atoms with Crippen LogP contribution in [0.4, 0.5) is 10.5 Å². The maximum absolute atomic E-state index is 13.1. The van der Waals surface area contributed by atoms with Crippen LogP contribution in [0.5, 0.6) is 5.75 Å². The van der Waals surface area contributed by atoms with Crippen LogP contribution < -0.4 is 15.0 Å². The Hall–Kier alpha value is -3.80. The average molecular weight is 527 g/mol. The Morgan fingerprint density at radius 3 is 2.33 bits per heavy atom. The van der Waals surface area contributed by atoms with E-state index in [0.29, 0.717) is 24.9 Å². The summed E-state index contributed by atoms with van der Waals surface area (Å²) in [6, 6.07) is 23.1. The van der Waals surface area contributed by atoms with Gasteiger partial charge in [0.15, 0.2) is 0 Å². The van der Waals surface area contributed by atoms with Gasteiger partial charge in [0, 0.05) is 13.0 Å². The van der Waals surface area contributed by atoms with E-state index in [-0.39, 0.29) is 18.6 Å². The van der Waals surface area contributed by atoms with Crippen molar-refractivity contribution in [2.75, 3.05) is 18.0 Å². The molecule has 204 valence electrons. The molecule has 5 rings (SSSR count). The average Bonchev–Trinajstić information content (AvgIpc) is 2.93. The minimum Gasteiger partial charge on any atom is -0.487 e. The molecule has 1 unspecified atom stereocenters. The maximum atomic E-state index is 13.1. The number of anilines is 1. The number of aliphatic carboxylic acids is 1. The second-order valence-electron chi connectivity index (χ2n) is 11.1. The number of ether oxygens (including phenoxy) is 1. The number of benzene rings is 3. The number of carboxylic acid groups (broad SMARTS) is 1. The first kappa shape index (κ1) is 26.8. The van der Waals surface area contributed by atoms with Crippen molar-refractivity contribution in [3.8, 4) is 16.9 Å². The molecule has 2 amide bonds. The van der Waals surface area contributed by atoms with Crippen molar-refractivity contribution in [2.24, 2.45) is 5.92 Å². The molecule has 1 atom stereocenters. The van der Waals surface area contributed by atoms with E-state index in [4.69, 9.17) is 9.84 Å². The Morgan fingerprint density at radius 1 is 0.949 bits per heavy atom. The molecule has 3 aromatic rings. The number of aryl methyl sites for hydroxylation is 1. The summed E-state index contributed by atoms with van der Waals surface area (Å²) < 4.78 is 6.15. The van der Waals surface area contributed by atoms with Crippen LogP contribution in [0.3, 0.4) is 0 Å². The number of fused-ring (bicyclic) bond motifs is 1. The van der Waals surface area contributed by atoms with Crippen molar-refractivity contribution >= 4 is 17.7 Å². The van der Waals surface area contributed by atoms with Gasteiger partial charge in [0.05, 0.1) is 12.2 Å². The summed E-state index contributed by atoms with van der Waals surface area (Å²) in [4.78, 5) is 25.9. The van der Waals surface area contributed by atoms with Gasteiger partial charge in [-0.25, -0.2) is 4.79 Å². The monoisotopic (exact) mass is 526 g/mol. The van der Waals surface area contributed by atoms with Crippen LogP contribution in [-0.2, 0) is 11.2 Å². The molecule has 1 saturated carbocycles. The van der Waals surface area contributed by atoms with E-state index in [2.05, 4.69) is 66.8 Å². The highest BCUT2D eigenvalue weighted by atomic mass is 16.5. The van der Waals surface area contributed by atoms with Crippen molar-refractivity contribution in [3.05, 3.63) is 83.4 Å². The Bertz CT molecular complexity index is 1290. The van der Waals surface area contributed by atoms with E-state index in [9.17, 15) is 9.59 Å². The molecular weight excluding hydrogens is 488 g/mol. The molecule has 0 bridgehead atoms. The van der Waals surface area contributed by atoms with Crippen LogP contribution in [0.25, 0.3) is 11.1 Å². The molecule has 6 heteroatoms. The van der Waals surface area contributed by atoms with Gasteiger partial charge >= 0.3 is 12.0 Å². The molecule has 1 aliphatic heterocycles. The number of rotatable bonds is 7. The highest BCUT2D eigenvalue weighted by molar-refractivity contribution is 5.94. The molecule has 0 spiro atoms. The summed E-state index contributed by atoms with van der Waals surface area (Å²) in [5.41, 5.74) is 6.71. The summed E-state index contributed by atoms with van der Waals surface area (Å²) in [6.07, 6.45) is 5.03. The first-order valence-electron chi connectivity index (χ1n) is 14.1. The van der Waals surface area contributed by atoms with Crippen LogP contribution >= 0.6 is 0 Å². The molecule has 2 N–H and O–H groups in total. The molecular formula is C33H38N2O4. The van der Waals surface area contributed by atoms with Crippen LogP contribution in [0.15, 0.2) is 66.7 Å². The zero-order valence-corrected chi connectivity index (χ0v) is 22.9. The van der Waals surface area contributed by atoms with Crippen LogP contribution in [-0.4, -0.2) is 36.3 Å². The van der Waals surface area contributed by atoms with Crippen LogP contribution in [0.2, 0.25) is 0 Å². The van der Waals surface area contributed by atoms with Gasteiger partial charge < -0.3 is 15.2 Å². The minimum atomic E-state index is -0.687. The van der Waals surface area contributed by atoms with Gasteiger partial charge in [0.25, 0.3) is 0 Å². The number of urea groups is 1. The predicted octanol–water partition coefficient (Wildman–Crippen LogP) is 6.95. The van der Waals surface area contributed by atoms with E-state index >= 15 is 0 Å². The molecule has 2 aliphatic rings. The molecule has 0 saturated heterocycles. The Kier molecular flexibility index (Phi) is 8.20. The standard InChI is InChI=1S/C33H38N2O4/c1-22-3-5-24(6-4-22)17-18-34-33(38)35-21-23(2)39-31-20-29(15-16-30(31)35)28-13-11-27(12-14-28)26-9-7-25(8-10-26)19-32(36)37/h3-6,11-16,20,23,25-26H,7-10,17-19,21H2,1-2H3,(H,34,38)(H,36,37). The SMILES string of the molecule is Cc1ccc(CCNC(=O)N2CC(C)Oc3cc(-c4ccc(C5CCC(CC(=O)O)CC5)cc4)ccc32)cc1. The third-order valence-corrected chi connectivity index (χ3v) is 8.10. The number of amides is 2. The molecule has 39 heavy (non-hydrogen) atoms. The Balaban J connectivity index is 1.22. The zero-order chi connectivity index (χ0) is 27.4. The van der Waals surface area contributed by atoms with Crippen molar-refractivity contribution in [1.29, 1.82) is 0 Å². The summed E-state index contributed by atoms with van der Waals surface area (Å²) in [5.74, 6) is 0.842. The first-order valence-corrected chi connectivity index (χ1v) is 14.1. The molecule has 3 aromatic carbocycles. The van der Waals surface area contributed by atoms with Gasteiger partial charge in [-0.3, -0.25) is 9.69 Å². The smallest absolute Gasteiger partial charge is 0.322 e. The normalized spacial score (nSPS) is 20.6. The lowest BCUT2D eigenvalue weighted by Crippen LogP contribution is -2.47. The van der Waals surface area contributed by atoms with E-state index in [0.717, 1.165) is 54.7 Å². The number of carbonyl (C=O) groups is 2. The Labute approximate surface area is 231 Å². The molecule has 1 aliphatic carbocycles. The number of carbonyl (C=O) groups excluding carboxylic acids is 1. The number of hydrogen-bond acceptors (Lipinski definition) is 3. The van der Waals surface area contributed by atoms with E-state index in [1.165, 1.54) is 16.7 Å². The van der Waals surface area contributed by atoms with E-state index < -0.39 is 5.97 Å².